The molecule has 2 rings (SSSR count). The number of thioether (sulfide) groups is 1. The minimum atomic E-state index is -0.473. The minimum Gasteiger partial charge on any atom is -0.325 e. The molecule has 24 heavy (non-hydrogen) atoms. The van der Waals surface area contributed by atoms with Crippen LogP contribution in [0.4, 0.5) is 5.69 Å². The van der Waals surface area contributed by atoms with E-state index in [0.29, 0.717) is 0 Å². The van der Waals surface area contributed by atoms with Gasteiger partial charge in [0, 0.05) is 28.7 Å². The Labute approximate surface area is 154 Å². The number of nitrogens with one attached hydrogen (secondary N) is 1. The van der Waals surface area contributed by atoms with Crippen LogP contribution in [0.2, 0.25) is 0 Å². The molecule has 0 saturated heterocycles. The molecule has 1 aromatic carbocycles. The number of rotatable bonds is 7. The normalized spacial score (nSPS) is 12.8. The molecule has 6 heteroatoms. The average molecular weight is 366 g/mol. The van der Waals surface area contributed by atoms with Crippen molar-refractivity contribution >= 4 is 35.8 Å². The number of pyridine rings is 1. The van der Waals surface area contributed by atoms with Gasteiger partial charge in [-0.15, -0.1) is 24.2 Å². The van der Waals surface area contributed by atoms with Gasteiger partial charge < -0.3 is 11.1 Å². The van der Waals surface area contributed by atoms with Crippen LogP contribution in [0.1, 0.15) is 25.8 Å². The summed E-state index contributed by atoms with van der Waals surface area (Å²) in [5.74, 6) is 0.915. The second-order valence-corrected chi connectivity index (χ2v) is 6.62. The highest BCUT2D eigenvalue weighted by Gasteiger charge is 2.19. The predicted molar refractivity (Wildman–Crippen MR) is 104 cm³/mol. The zero-order valence-electron chi connectivity index (χ0n) is 13.9. The van der Waals surface area contributed by atoms with Crippen LogP contribution in [0.5, 0.6) is 0 Å². The predicted octanol–water partition coefficient (Wildman–Crippen LogP) is 4.11. The highest BCUT2D eigenvalue weighted by atomic mass is 35.5. The molecule has 2 atom stereocenters. The summed E-state index contributed by atoms with van der Waals surface area (Å²) in [5, 5.41) is 2.87. The number of carbonyl (C=O) groups is 1. The lowest BCUT2D eigenvalue weighted by Gasteiger charge is -2.17. The maximum absolute atomic E-state index is 12.1. The molecule has 130 valence electrons. The van der Waals surface area contributed by atoms with Gasteiger partial charge >= 0.3 is 0 Å². The lowest BCUT2D eigenvalue weighted by molar-refractivity contribution is -0.118. The quantitative estimate of drug-likeness (QED) is 0.724. The Morgan fingerprint density at radius 3 is 2.58 bits per heavy atom. The third kappa shape index (κ3) is 6.15. The summed E-state index contributed by atoms with van der Waals surface area (Å²) >= 11 is 1.74. The molecule has 0 aliphatic rings. The standard InChI is InChI=1S/C18H23N3OS.ClH/c1-3-13(2)17(19)18(22)21-15-6-8-16(9-7-15)23-12-14-5-4-10-20-11-14;/h4-11,13,17H,3,12,19H2,1-2H3,(H,21,22);1H. The van der Waals surface area contributed by atoms with Crippen molar-refractivity contribution in [1.29, 1.82) is 0 Å². The second kappa shape index (κ2) is 10.3. The highest BCUT2D eigenvalue weighted by Crippen LogP contribution is 2.24. The first-order valence-corrected chi connectivity index (χ1v) is 8.77. The molecule has 2 unspecified atom stereocenters. The van der Waals surface area contributed by atoms with E-state index in [4.69, 9.17) is 5.73 Å². The van der Waals surface area contributed by atoms with E-state index in [2.05, 4.69) is 16.4 Å². The number of anilines is 1. The SMILES string of the molecule is CCC(C)C(N)C(=O)Nc1ccc(SCc2cccnc2)cc1.Cl. The number of nitrogens with two attached hydrogens (primary N) is 1. The van der Waals surface area contributed by atoms with Gasteiger partial charge in [0.15, 0.2) is 0 Å². The van der Waals surface area contributed by atoms with E-state index >= 15 is 0 Å². The monoisotopic (exact) mass is 365 g/mol. The number of amides is 1. The van der Waals surface area contributed by atoms with Crippen LogP contribution >= 0.6 is 24.2 Å². The van der Waals surface area contributed by atoms with Crippen LogP contribution in [0.25, 0.3) is 0 Å². The molecule has 1 aromatic heterocycles. The van der Waals surface area contributed by atoms with Gasteiger partial charge in [-0.1, -0.05) is 26.3 Å². The fourth-order valence-corrected chi connectivity index (χ4v) is 2.86. The van der Waals surface area contributed by atoms with Crippen LogP contribution in [-0.2, 0) is 10.5 Å². The molecule has 0 bridgehead atoms. The molecule has 0 saturated carbocycles. The lowest BCUT2D eigenvalue weighted by atomic mass is 9.99. The molecule has 4 nitrogen and oxygen atoms in total. The smallest absolute Gasteiger partial charge is 0.241 e. The molecular formula is C18H24ClN3OS. The van der Waals surface area contributed by atoms with Crippen LogP contribution in [0, 0.1) is 5.92 Å². The van der Waals surface area contributed by atoms with Gasteiger partial charge in [-0.3, -0.25) is 9.78 Å². The molecule has 0 aliphatic carbocycles. The molecule has 3 N–H and O–H groups in total. The van der Waals surface area contributed by atoms with Crippen molar-refractivity contribution in [1.82, 2.24) is 4.98 Å². The number of nitrogens with zero attached hydrogens (tertiary/aromatic N) is 1. The summed E-state index contributed by atoms with van der Waals surface area (Å²) in [7, 11) is 0. The Morgan fingerprint density at radius 1 is 1.29 bits per heavy atom. The van der Waals surface area contributed by atoms with Crippen molar-refractivity contribution in [3.63, 3.8) is 0 Å². The number of benzene rings is 1. The topological polar surface area (TPSA) is 68.0 Å². The van der Waals surface area contributed by atoms with E-state index in [0.717, 1.165) is 22.8 Å². The minimum absolute atomic E-state index is 0. The number of halogens is 1. The molecule has 0 spiro atoms. The maximum atomic E-state index is 12.1. The summed E-state index contributed by atoms with van der Waals surface area (Å²) in [6.07, 6.45) is 4.53. The van der Waals surface area contributed by atoms with Crippen molar-refractivity contribution in [2.24, 2.45) is 11.7 Å². The van der Waals surface area contributed by atoms with E-state index in [-0.39, 0.29) is 24.2 Å². The molecular weight excluding hydrogens is 342 g/mol. The highest BCUT2D eigenvalue weighted by molar-refractivity contribution is 7.98. The van der Waals surface area contributed by atoms with Gasteiger partial charge in [0.25, 0.3) is 0 Å². The van der Waals surface area contributed by atoms with E-state index in [1.807, 2.05) is 50.4 Å². The fourth-order valence-electron chi connectivity index (χ4n) is 2.02. The third-order valence-corrected chi connectivity index (χ3v) is 4.89. The van der Waals surface area contributed by atoms with Crippen molar-refractivity contribution in [3.05, 3.63) is 54.4 Å². The maximum Gasteiger partial charge on any atom is 0.241 e. The van der Waals surface area contributed by atoms with Crippen LogP contribution < -0.4 is 11.1 Å². The zero-order valence-corrected chi connectivity index (χ0v) is 15.6. The second-order valence-electron chi connectivity index (χ2n) is 5.57. The van der Waals surface area contributed by atoms with Crippen LogP contribution in [0.15, 0.2) is 53.7 Å². The summed E-state index contributed by atoms with van der Waals surface area (Å²) in [4.78, 5) is 17.3. The summed E-state index contributed by atoms with van der Waals surface area (Å²) in [6, 6.07) is 11.4. The van der Waals surface area contributed by atoms with Gasteiger partial charge in [-0.05, 0) is 41.8 Å². The molecule has 1 amide bonds. The number of aromatic nitrogens is 1. The van der Waals surface area contributed by atoms with Crippen molar-refractivity contribution in [2.45, 2.75) is 37.0 Å². The zero-order chi connectivity index (χ0) is 16.7. The Kier molecular flexibility index (Phi) is 8.82. The van der Waals surface area contributed by atoms with E-state index in [1.165, 1.54) is 5.56 Å². The third-order valence-electron chi connectivity index (χ3n) is 3.81. The molecule has 2 aromatic rings. The Morgan fingerprint density at radius 2 is 2.00 bits per heavy atom. The summed E-state index contributed by atoms with van der Waals surface area (Å²) < 4.78 is 0. The van der Waals surface area contributed by atoms with E-state index < -0.39 is 6.04 Å². The van der Waals surface area contributed by atoms with Crippen molar-refractivity contribution in [2.75, 3.05) is 5.32 Å². The van der Waals surface area contributed by atoms with Crippen molar-refractivity contribution in [3.8, 4) is 0 Å². The van der Waals surface area contributed by atoms with Gasteiger partial charge in [-0.2, -0.15) is 0 Å². The van der Waals surface area contributed by atoms with E-state index in [9.17, 15) is 4.79 Å². The van der Waals surface area contributed by atoms with Gasteiger partial charge in [0.05, 0.1) is 6.04 Å². The largest absolute Gasteiger partial charge is 0.325 e. The average Bonchev–Trinajstić information content (AvgIpc) is 2.60. The summed E-state index contributed by atoms with van der Waals surface area (Å²) in [6.45, 7) is 4.02. The first kappa shape index (κ1) is 20.5. The molecule has 1 heterocycles. The first-order valence-electron chi connectivity index (χ1n) is 7.78. The van der Waals surface area contributed by atoms with E-state index in [1.54, 1.807) is 18.0 Å². The Balaban J connectivity index is 0.00000288. The van der Waals surface area contributed by atoms with Gasteiger partial charge in [-0.25, -0.2) is 0 Å². The first-order chi connectivity index (χ1) is 11.1. The van der Waals surface area contributed by atoms with Gasteiger partial charge in [0.1, 0.15) is 0 Å². The summed E-state index contributed by atoms with van der Waals surface area (Å²) in [5.41, 5.74) is 7.91. The fraction of sp³-hybridized carbons (Fsp3) is 0.333. The molecule has 0 radical (unpaired) electrons. The number of hydrogen-bond acceptors (Lipinski definition) is 4. The van der Waals surface area contributed by atoms with Gasteiger partial charge in [0.2, 0.25) is 5.91 Å². The lowest BCUT2D eigenvalue weighted by Crippen LogP contribution is -2.40. The number of hydrogen-bond donors (Lipinski definition) is 2. The Hall–Kier alpha value is -1.56. The van der Waals surface area contributed by atoms with Crippen LogP contribution in [-0.4, -0.2) is 16.9 Å². The Bertz CT molecular complexity index is 622. The molecule has 0 aliphatic heterocycles. The van der Waals surface area contributed by atoms with Crippen LogP contribution in [0.3, 0.4) is 0 Å². The number of carbonyl (C=O) groups excluding carboxylic acids is 1. The molecule has 0 fully saturated rings. The van der Waals surface area contributed by atoms with Crippen molar-refractivity contribution < 1.29 is 4.79 Å².